The maximum absolute atomic E-state index is 12.1. The quantitative estimate of drug-likeness (QED) is 0.836. The zero-order chi connectivity index (χ0) is 13.8. The first-order valence-corrected chi connectivity index (χ1v) is 6.93. The molecular weight excluding hydrogens is 228 g/mol. The molecule has 0 aliphatic carbocycles. The third-order valence-electron chi connectivity index (χ3n) is 3.27. The summed E-state index contributed by atoms with van der Waals surface area (Å²) in [7, 11) is 0. The molecule has 0 unspecified atom stereocenters. The summed E-state index contributed by atoms with van der Waals surface area (Å²) in [6, 6.07) is 0.244. The van der Waals surface area contributed by atoms with E-state index in [1.807, 2.05) is 32.6 Å². The molecule has 1 aliphatic rings. The van der Waals surface area contributed by atoms with E-state index in [2.05, 4.69) is 5.32 Å². The molecule has 0 saturated carbocycles. The molecule has 0 radical (unpaired) electrons. The van der Waals surface area contributed by atoms with E-state index in [0.29, 0.717) is 6.42 Å². The Kier molecular flexibility index (Phi) is 5.17. The summed E-state index contributed by atoms with van der Waals surface area (Å²) in [6.07, 6.45) is 3.23. The van der Waals surface area contributed by atoms with Crippen LogP contribution in [0.4, 0.5) is 0 Å². The average Bonchev–Trinajstić information content (AvgIpc) is 2.28. The van der Waals surface area contributed by atoms with Crippen LogP contribution in [0.25, 0.3) is 0 Å². The Labute approximate surface area is 110 Å². The number of carbonyl (C=O) groups is 2. The van der Waals surface area contributed by atoms with Crippen LogP contribution >= 0.6 is 0 Å². The van der Waals surface area contributed by atoms with Crippen LogP contribution in [0.15, 0.2) is 0 Å². The van der Waals surface area contributed by atoms with Gasteiger partial charge in [0, 0.05) is 31.0 Å². The Morgan fingerprint density at radius 3 is 2.22 bits per heavy atom. The molecule has 104 valence electrons. The lowest BCUT2D eigenvalue weighted by Gasteiger charge is -2.36. The number of nitrogens with zero attached hydrogens (tertiary/aromatic N) is 1. The van der Waals surface area contributed by atoms with Gasteiger partial charge in [-0.2, -0.15) is 0 Å². The molecule has 4 nitrogen and oxygen atoms in total. The summed E-state index contributed by atoms with van der Waals surface area (Å²) in [5.41, 5.74) is -0.307. The van der Waals surface area contributed by atoms with Gasteiger partial charge in [0.05, 0.1) is 0 Å². The fourth-order valence-electron chi connectivity index (χ4n) is 2.23. The van der Waals surface area contributed by atoms with Crippen LogP contribution < -0.4 is 5.32 Å². The predicted octanol–water partition coefficient (Wildman–Crippen LogP) is 1.94. The van der Waals surface area contributed by atoms with E-state index in [-0.39, 0.29) is 23.3 Å². The first-order chi connectivity index (χ1) is 8.34. The van der Waals surface area contributed by atoms with E-state index >= 15 is 0 Å². The van der Waals surface area contributed by atoms with Crippen molar-refractivity contribution in [2.45, 2.75) is 59.4 Å². The van der Waals surface area contributed by atoms with Crippen molar-refractivity contribution in [2.24, 2.45) is 5.41 Å². The van der Waals surface area contributed by atoms with Gasteiger partial charge in [-0.25, -0.2) is 0 Å². The van der Waals surface area contributed by atoms with E-state index in [1.54, 1.807) is 0 Å². The van der Waals surface area contributed by atoms with Crippen molar-refractivity contribution in [3.63, 3.8) is 0 Å². The van der Waals surface area contributed by atoms with Crippen LogP contribution in [0, 0.1) is 5.41 Å². The lowest BCUT2D eigenvalue weighted by molar-refractivity contribution is -0.140. The second-order valence-electron chi connectivity index (χ2n) is 6.13. The third-order valence-corrected chi connectivity index (χ3v) is 3.27. The minimum atomic E-state index is -0.307. The van der Waals surface area contributed by atoms with Gasteiger partial charge in [-0.1, -0.05) is 27.7 Å². The zero-order valence-corrected chi connectivity index (χ0v) is 12.1. The Bertz CT molecular complexity index is 299. The summed E-state index contributed by atoms with van der Waals surface area (Å²) in [5, 5.41) is 3.04. The molecule has 1 N–H and O–H groups in total. The Morgan fingerprint density at radius 1 is 1.22 bits per heavy atom. The first kappa shape index (κ1) is 15.0. The summed E-state index contributed by atoms with van der Waals surface area (Å²) >= 11 is 0. The molecule has 0 spiro atoms. The molecule has 18 heavy (non-hydrogen) atoms. The molecule has 0 aromatic rings. The molecule has 1 heterocycles. The molecule has 4 heteroatoms. The number of likely N-dealkylation sites (tertiary alicyclic amines) is 1. The first-order valence-electron chi connectivity index (χ1n) is 6.93. The molecule has 1 saturated heterocycles. The molecule has 1 aliphatic heterocycles. The van der Waals surface area contributed by atoms with Crippen molar-refractivity contribution < 1.29 is 9.59 Å². The van der Waals surface area contributed by atoms with Crippen molar-refractivity contribution in [1.29, 1.82) is 0 Å². The number of hydrogen-bond donors (Lipinski definition) is 1. The largest absolute Gasteiger partial charge is 0.353 e. The van der Waals surface area contributed by atoms with Crippen LogP contribution in [-0.2, 0) is 9.59 Å². The van der Waals surface area contributed by atoms with Gasteiger partial charge in [-0.3, -0.25) is 9.59 Å². The smallest absolute Gasteiger partial charge is 0.227 e. The van der Waals surface area contributed by atoms with Gasteiger partial charge in [-0.15, -0.1) is 0 Å². The van der Waals surface area contributed by atoms with Gasteiger partial charge < -0.3 is 10.2 Å². The number of nitrogens with one attached hydrogen (secondary N) is 1. The van der Waals surface area contributed by atoms with E-state index in [9.17, 15) is 9.59 Å². The maximum atomic E-state index is 12.1. The van der Waals surface area contributed by atoms with Crippen LogP contribution in [-0.4, -0.2) is 35.8 Å². The standard InChI is InChI=1S/C14H26N2O2/c1-5-6-12(17)15-11-7-9-16(10-8-11)13(18)14(2,3)4/h11H,5-10H2,1-4H3,(H,15,17). The second-order valence-corrected chi connectivity index (χ2v) is 6.13. The summed E-state index contributed by atoms with van der Waals surface area (Å²) in [4.78, 5) is 25.5. The molecular formula is C14H26N2O2. The molecule has 2 amide bonds. The van der Waals surface area contributed by atoms with Crippen molar-refractivity contribution in [1.82, 2.24) is 10.2 Å². The van der Waals surface area contributed by atoms with E-state index in [0.717, 1.165) is 32.4 Å². The molecule has 0 atom stereocenters. The molecule has 1 rings (SSSR count). The minimum Gasteiger partial charge on any atom is -0.353 e. The highest BCUT2D eigenvalue weighted by Gasteiger charge is 2.30. The van der Waals surface area contributed by atoms with Gasteiger partial charge >= 0.3 is 0 Å². The topological polar surface area (TPSA) is 49.4 Å². The van der Waals surface area contributed by atoms with Gasteiger partial charge in [0.2, 0.25) is 11.8 Å². The fraction of sp³-hybridized carbons (Fsp3) is 0.857. The zero-order valence-electron chi connectivity index (χ0n) is 12.1. The van der Waals surface area contributed by atoms with Crippen LogP contribution in [0.1, 0.15) is 53.4 Å². The number of amides is 2. The fourth-order valence-corrected chi connectivity index (χ4v) is 2.23. The number of hydrogen-bond acceptors (Lipinski definition) is 2. The second kappa shape index (κ2) is 6.21. The normalized spacial score (nSPS) is 17.7. The number of piperidine rings is 1. The highest BCUT2D eigenvalue weighted by Crippen LogP contribution is 2.20. The van der Waals surface area contributed by atoms with Gasteiger partial charge in [-0.05, 0) is 19.3 Å². The van der Waals surface area contributed by atoms with Crippen LogP contribution in [0.2, 0.25) is 0 Å². The summed E-state index contributed by atoms with van der Waals surface area (Å²) in [6.45, 7) is 9.36. The van der Waals surface area contributed by atoms with E-state index in [4.69, 9.17) is 0 Å². The Balaban J connectivity index is 2.37. The minimum absolute atomic E-state index is 0.137. The summed E-state index contributed by atoms with van der Waals surface area (Å²) in [5.74, 6) is 0.346. The van der Waals surface area contributed by atoms with Crippen molar-refractivity contribution in [2.75, 3.05) is 13.1 Å². The number of rotatable bonds is 3. The van der Waals surface area contributed by atoms with Gasteiger partial charge in [0.25, 0.3) is 0 Å². The lowest BCUT2D eigenvalue weighted by Crippen LogP contribution is -2.49. The average molecular weight is 254 g/mol. The van der Waals surface area contributed by atoms with Crippen LogP contribution in [0.5, 0.6) is 0 Å². The SMILES string of the molecule is CCCC(=O)NC1CCN(C(=O)C(C)(C)C)CC1. The van der Waals surface area contributed by atoms with Crippen molar-refractivity contribution in [3.8, 4) is 0 Å². The van der Waals surface area contributed by atoms with E-state index in [1.165, 1.54) is 0 Å². The maximum Gasteiger partial charge on any atom is 0.227 e. The molecule has 0 aromatic heterocycles. The molecule has 0 aromatic carbocycles. The Morgan fingerprint density at radius 2 is 1.78 bits per heavy atom. The van der Waals surface area contributed by atoms with Gasteiger partial charge in [0.1, 0.15) is 0 Å². The number of carbonyl (C=O) groups excluding carboxylic acids is 2. The third kappa shape index (κ3) is 4.31. The lowest BCUT2D eigenvalue weighted by atomic mass is 9.93. The van der Waals surface area contributed by atoms with Gasteiger partial charge in [0.15, 0.2) is 0 Å². The molecule has 0 bridgehead atoms. The summed E-state index contributed by atoms with van der Waals surface area (Å²) < 4.78 is 0. The predicted molar refractivity (Wildman–Crippen MR) is 72.1 cm³/mol. The van der Waals surface area contributed by atoms with E-state index < -0.39 is 0 Å². The van der Waals surface area contributed by atoms with Crippen molar-refractivity contribution in [3.05, 3.63) is 0 Å². The van der Waals surface area contributed by atoms with Crippen molar-refractivity contribution >= 4 is 11.8 Å². The highest BCUT2D eigenvalue weighted by atomic mass is 16.2. The Hall–Kier alpha value is -1.06. The molecule has 1 fully saturated rings. The van der Waals surface area contributed by atoms with Crippen LogP contribution in [0.3, 0.4) is 0 Å². The monoisotopic (exact) mass is 254 g/mol. The highest BCUT2D eigenvalue weighted by molar-refractivity contribution is 5.81.